The van der Waals surface area contributed by atoms with E-state index in [1.807, 2.05) is 68.4 Å². The standard InChI is InChI=1S/C27H35N3O3/c1-5-6-16-23(31)21(17-18(2)3)26(32)29-25-27(33)30(4)22-15-11-10-14-20(22)24(28-25)19-12-8-7-9-13-19/h7-15,18,21,23,25,31H,5-6,16-17H2,1-4H3,(H,29,32)/t21-,23-,25?/m0/s1. The highest BCUT2D eigenvalue weighted by Crippen LogP contribution is 2.27. The number of hydrogen-bond acceptors (Lipinski definition) is 4. The second-order valence-corrected chi connectivity index (χ2v) is 9.11. The zero-order valence-corrected chi connectivity index (χ0v) is 20.0. The molecule has 3 rings (SSSR count). The molecule has 3 atom stereocenters. The number of benzodiazepines with no additional fused rings is 1. The van der Waals surface area contributed by atoms with Crippen molar-refractivity contribution in [2.45, 2.75) is 58.7 Å². The Morgan fingerprint density at radius 1 is 1.12 bits per heavy atom. The summed E-state index contributed by atoms with van der Waals surface area (Å²) in [5, 5.41) is 13.6. The molecule has 2 N–H and O–H groups in total. The number of aliphatic hydroxyl groups is 1. The fraction of sp³-hybridized carbons (Fsp3) is 0.444. The molecule has 2 aromatic rings. The van der Waals surface area contributed by atoms with Crippen LogP contribution in [-0.2, 0) is 9.59 Å². The first kappa shape index (κ1) is 24.6. The van der Waals surface area contributed by atoms with Gasteiger partial charge in [0.15, 0.2) is 0 Å². The van der Waals surface area contributed by atoms with E-state index in [2.05, 4.69) is 12.2 Å². The molecule has 0 saturated heterocycles. The third-order valence-electron chi connectivity index (χ3n) is 6.05. The average molecular weight is 450 g/mol. The third kappa shape index (κ3) is 5.88. The molecular weight excluding hydrogens is 414 g/mol. The van der Waals surface area contributed by atoms with Gasteiger partial charge in [-0.3, -0.25) is 9.59 Å². The van der Waals surface area contributed by atoms with E-state index in [-0.39, 0.29) is 17.7 Å². The number of anilines is 1. The number of hydrogen-bond donors (Lipinski definition) is 2. The highest BCUT2D eigenvalue weighted by molar-refractivity contribution is 6.20. The molecule has 1 unspecified atom stereocenters. The number of para-hydroxylation sites is 1. The molecule has 2 amide bonds. The first-order valence-corrected chi connectivity index (χ1v) is 11.8. The van der Waals surface area contributed by atoms with Gasteiger partial charge in [0.25, 0.3) is 5.91 Å². The lowest BCUT2D eigenvalue weighted by Crippen LogP contribution is -2.49. The van der Waals surface area contributed by atoms with Gasteiger partial charge in [0.2, 0.25) is 12.1 Å². The van der Waals surface area contributed by atoms with Gasteiger partial charge in [0.05, 0.1) is 23.4 Å². The maximum Gasteiger partial charge on any atom is 0.272 e. The lowest BCUT2D eigenvalue weighted by molar-refractivity contribution is -0.133. The van der Waals surface area contributed by atoms with E-state index in [1.54, 1.807) is 11.9 Å². The Morgan fingerprint density at radius 2 is 1.79 bits per heavy atom. The Hall–Kier alpha value is -2.99. The van der Waals surface area contributed by atoms with Gasteiger partial charge in [0.1, 0.15) is 0 Å². The zero-order chi connectivity index (χ0) is 24.0. The van der Waals surface area contributed by atoms with Crippen LogP contribution in [-0.4, -0.2) is 41.9 Å². The van der Waals surface area contributed by atoms with E-state index in [0.29, 0.717) is 18.6 Å². The average Bonchev–Trinajstić information content (AvgIpc) is 2.92. The van der Waals surface area contributed by atoms with E-state index < -0.39 is 18.2 Å². The predicted octanol–water partition coefficient (Wildman–Crippen LogP) is 4.16. The summed E-state index contributed by atoms with van der Waals surface area (Å²) in [6, 6.07) is 17.3. The molecule has 6 nitrogen and oxygen atoms in total. The molecule has 1 aliphatic heterocycles. The third-order valence-corrected chi connectivity index (χ3v) is 6.05. The molecule has 0 spiro atoms. The summed E-state index contributed by atoms with van der Waals surface area (Å²) in [5.74, 6) is -0.998. The van der Waals surface area contributed by atoms with Crippen molar-refractivity contribution in [1.29, 1.82) is 0 Å². The largest absolute Gasteiger partial charge is 0.392 e. The van der Waals surface area contributed by atoms with Crippen LogP contribution in [0.4, 0.5) is 5.69 Å². The molecule has 0 aromatic heterocycles. The van der Waals surface area contributed by atoms with Crippen LogP contribution in [0.5, 0.6) is 0 Å². The topological polar surface area (TPSA) is 82.0 Å². The van der Waals surface area contributed by atoms with Crippen LogP contribution < -0.4 is 10.2 Å². The number of aliphatic hydroxyl groups excluding tert-OH is 1. The molecule has 2 aromatic carbocycles. The fourth-order valence-electron chi connectivity index (χ4n) is 4.25. The van der Waals surface area contributed by atoms with Crippen LogP contribution in [0, 0.1) is 11.8 Å². The van der Waals surface area contributed by atoms with Gasteiger partial charge < -0.3 is 15.3 Å². The maximum absolute atomic E-state index is 13.3. The summed E-state index contributed by atoms with van der Waals surface area (Å²) in [5.41, 5.74) is 3.09. The van der Waals surface area contributed by atoms with Crippen molar-refractivity contribution in [1.82, 2.24) is 5.32 Å². The Labute approximate surface area is 196 Å². The van der Waals surface area contributed by atoms with Crippen molar-refractivity contribution in [2.24, 2.45) is 16.8 Å². The van der Waals surface area contributed by atoms with E-state index in [9.17, 15) is 14.7 Å². The summed E-state index contributed by atoms with van der Waals surface area (Å²) in [4.78, 5) is 33.0. The van der Waals surface area contributed by atoms with Gasteiger partial charge >= 0.3 is 0 Å². The summed E-state index contributed by atoms with van der Waals surface area (Å²) in [6.45, 7) is 6.11. The number of nitrogens with zero attached hydrogens (tertiary/aromatic N) is 2. The van der Waals surface area contributed by atoms with Crippen LogP contribution in [0.15, 0.2) is 59.6 Å². The Balaban J connectivity index is 1.97. The van der Waals surface area contributed by atoms with E-state index in [4.69, 9.17) is 4.99 Å². The first-order valence-electron chi connectivity index (χ1n) is 11.8. The number of carbonyl (C=O) groups excluding carboxylic acids is 2. The molecule has 0 aliphatic carbocycles. The van der Waals surface area contributed by atoms with Crippen molar-refractivity contribution < 1.29 is 14.7 Å². The first-order chi connectivity index (χ1) is 15.8. The fourth-order valence-corrected chi connectivity index (χ4v) is 4.25. The van der Waals surface area contributed by atoms with E-state index in [0.717, 1.165) is 29.7 Å². The second-order valence-electron chi connectivity index (χ2n) is 9.11. The number of fused-ring (bicyclic) bond motifs is 1. The minimum atomic E-state index is -1.07. The van der Waals surface area contributed by atoms with Gasteiger partial charge in [-0.05, 0) is 24.8 Å². The lowest BCUT2D eigenvalue weighted by atomic mass is 9.88. The monoisotopic (exact) mass is 449 g/mol. The normalized spacial score (nSPS) is 17.8. The van der Waals surface area contributed by atoms with Crippen molar-refractivity contribution in [3.8, 4) is 0 Å². The summed E-state index contributed by atoms with van der Waals surface area (Å²) in [7, 11) is 1.70. The molecule has 0 fully saturated rings. The minimum Gasteiger partial charge on any atom is -0.392 e. The molecule has 0 bridgehead atoms. The van der Waals surface area contributed by atoms with Crippen LogP contribution in [0.3, 0.4) is 0 Å². The summed E-state index contributed by atoms with van der Waals surface area (Å²) >= 11 is 0. The molecule has 1 heterocycles. The second kappa shape index (κ2) is 11.2. The van der Waals surface area contributed by atoms with E-state index >= 15 is 0 Å². The van der Waals surface area contributed by atoms with Gasteiger partial charge in [-0.15, -0.1) is 0 Å². The molecule has 1 aliphatic rings. The molecule has 0 radical (unpaired) electrons. The molecule has 6 heteroatoms. The summed E-state index contributed by atoms with van der Waals surface area (Å²) < 4.78 is 0. The SMILES string of the molecule is CCCC[C@H](O)[C@H](CC(C)C)C(=O)NC1N=C(c2ccccc2)c2ccccc2N(C)C1=O. The lowest BCUT2D eigenvalue weighted by Gasteiger charge is -2.26. The Bertz CT molecular complexity index is 987. The number of amides is 2. The van der Waals surface area contributed by atoms with Crippen molar-refractivity contribution >= 4 is 23.2 Å². The van der Waals surface area contributed by atoms with Crippen LogP contribution in [0.1, 0.15) is 57.6 Å². The van der Waals surface area contributed by atoms with Crippen molar-refractivity contribution in [3.05, 3.63) is 65.7 Å². The molecule has 0 saturated carbocycles. The number of likely N-dealkylation sites (N-methyl/N-ethyl adjacent to an activating group) is 1. The van der Waals surface area contributed by atoms with Gasteiger partial charge in [-0.2, -0.15) is 0 Å². The number of aliphatic imine (C=N–C) groups is 1. The predicted molar refractivity (Wildman–Crippen MR) is 132 cm³/mol. The molecule has 33 heavy (non-hydrogen) atoms. The Kier molecular flexibility index (Phi) is 8.39. The van der Waals surface area contributed by atoms with Gasteiger partial charge in [-0.25, -0.2) is 4.99 Å². The zero-order valence-electron chi connectivity index (χ0n) is 20.0. The summed E-state index contributed by atoms with van der Waals surface area (Å²) in [6.07, 6.45) is 1.08. The van der Waals surface area contributed by atoms with Gasteiger partial charge in [0, 0.05) is 18.2 Å². The van der Waals surface area contributed by atoms with Crippen LogP contribution in [0.2, 0.25) is 0 Å². The van der Waals surface area contributed by atoms with Crippen LogP contribution >= 0.6 is 0 Å². The number of rotatable bonds is 9. The van der Waals surface area contributed by atoms with Crippen LogP contribution in [0.25, 0.3) is 0 Å². The smallest absolute Gasteiger partial charge is 0.272 e. The maximum atomic E-state index is 13.3. The van der Waals surface area contributed by atoms with E-state index in [1.165, 1.54) is 0 Å². The van der Waals surface area contributed by atoms with Crippen molar-refractivity contribution in [2.75, 3.05) is 11.9 Å². The molecular formula is C27H35N3O3. The number of nitrogens with one attached hydrogen (secondary N) is 1. The highest BCUT2D eigenvalue weighted by atomic mass is 16.3. The highest BCUT2D eigenvalue weighted by Gasteiger charge is 2.34. The Morgan fingerprint density at radius 3 is 2.45 bits per heavy atom. The molecule has 176 valence electrons. The minimum absolute atomic E-state index is 0.233. The number of benzene rings is 2. The van der Waals surface area contributed by atoms with Gasteiger partial charge in [-0.1, -0.05) is 82.1 Å². The number of carbonyl (C=O) groups is 2. The van der Waals surface area contributed by atoms with Crippen molar-refractivity contribution in [3.63, 3.8) is 0 Å². The number of unbranched alkanes of at least 4 members (excludes halogenated alkanes) is 1. The quantitative estimate of drug-likeness (QED) is 0.603.